The summed E-state index contributed by atoms with van der Waals surface area (Å²) >= 11 is 0. The smallest absolute Gasteiger partial charge is 0.309 e. The molecule has 2 rings (SSSR count). The number of amides is 2. The number of rotatable bonds is 4. The Labute approximate surface area is 131 Å². The normalized spacial score (nSPS) is 18.3. The molecule has 120 valence electrons. The Hall–Kier alpha value is -1.88. The van der Waals surface area contributed by atoms with Crippen molar-refractivity contribution in [2.75, 3.05) is 6.54 Å². The Morgan fingerprint density at radius 1 is 1.14 bits per heavy atom. The first kappa shape index (κ1) is 16.5. The fraction of sp³-hybridized carbons (Fsp3) is 0.529. The van der Waals surface area contributed by atoms with Crippen LogP contribution in [0.25, 0.3) is 0 Å². The molecule has 0 bridgehead atoms. The summed E-state index contributed by atoms with van der Waals surface area (Å²) < 4.78 is 0. The maximum atomic E-state index is 11.9. The molecule has 0 aromatic heterocycles. The topological polar surface area (TPSA) is 78.4 Å². The molecule has 1 saturated carbocycles. The molecule has 0 spiro atoms. The van der Waals surface area contributed by atoms with E-state index >= 15 is 0 Å². The summed E-state index contributed by atoms with van der Waals surface area (Å²) in [5.74, 6) is -1.31. The number of benzene rings is 1. The van der Waals surface area contributed by atoms with Crippen LogP contribution in [0.2, 0.25) is 0 Å². The van der Waals surface area contributed by atoms with Gasteiger partial charge in [0.2, 0.25) is 0 Å². The number of carbonyl (C=O) groups excluding carboxylic acids is 2. The van der Waals surface area contributed by atoms with Crippen LogP contribution in [0, 0.1) is 0 Å². The molecule has 1 aromatic rings. The Kier molecular flexibility index (Phi) is 5.55. The minimum absolute atomic E-state index is 0.00602. The van der Waals surface area contributed by atoms with Crippen LogP contribution in [-0.4, -0.2) is 29.5 Å². The van der Waals surface area contributed by atoms with Crippen LogP contribution in [0.5, 0.6) is 0 Å². The van der Waals surface area contributed by atoms with Crippen molar-refractivity contribution in [2.24, 2.45) is 0 Å². The fourth-order valence-corrected chi connectivity index (χ4v) is 2.73. The summed E-state index contributed by atoms with van der Waals surface area (Å²) in [7, 11) is 0. The molecule has 1 aliphatic rings. The molecule has 0 heterocycles. The first-order chi connectivity index (χ1) is 10.5. The summed E-state index contributed by atoms with van der Waals surface area (Å²) in [4.78, 5) is 23.7. The van der Waals surface area contributed by atoms with Gasteiger partial charge in [0.05, 0.1) is 6.54 Å². The van der Waals surface area contributed by atoms with Crippen molar-refractivity contribution in [2.45, 2.75) is 50.7 Å². The van der Waals surface area contributed by atoms with Crippen LogP contribution in [0.15, 0.2) is 30.3 Å². The van der Waals surface area contributed by atoms with Gasteiger partial charge in [0, 0.05) is 6.04 Å². The predicted molar refractivity (Wildman–Crippen MR) is 84.0 cm³/mol. The zero-order chi connectivity index (χ0) is 16.0. The quantitative estimate of drug-likeness (QED) is 0.737. The standard InChI is InChI=1S/C17H24N2O3/c1-17(22,13-8-4-2-5-9-13)12-18-15(20)16(21)19-14-10-6-3-7-11-14/h2,4-5,8-9,14,22H,3,6-7,10-12H2,1H3,(H,18,20)(H,19,21). The van der Waals surface area contributed by atoms with Gasteiger partial charge in [-0.05, 0) is 25.3 Å². The van der Waals surface area contributed by atoms with Crippen LogP contribution >= 0.6 is 0 Å². The number of nitrogens with one attached hydrogen (secondary N) is 2. The molecule has 2 amide bonds. The molecule has 22 heavy (non-hydrogen) atoms. The van der Waals surface area contributed by atoms with Gasteiger partial charge in [-0.3, -0.25) is 9.59 Å². The molecule has 3 N–H and O–H groups in total. The average Bonchev–Trinajstić information content (AvgIpc) is 2.54. The molecule has 0 radical (unpaired) electrons. The molecule has 5 heteroatoms. The van der Waals surface area contributed by atoms with Crippen molar-refractivity contribution in [1.82, 2.24) is 10.6 Å². The zero-order valence-electron chi connectivity index (χ0n) is 13.0. The van der Waals surface area contributed by atoms with E-state index in [9.17, 15) is 14.7 Å². The van der Waals surface area contributed by atoms with Crippen molar-refractivity contribution in [3.8, 4) is 0 Å². The van der Waals surface area contributed by atoms with Crippen molar-refractivity contribution >= 4 is 11.8 Å². The average molecular weight is 304 g/mol. The molecule has 1 unspecified atom stereocenters. The van der Waals surface area contributed by atoms with Gasteiger partial charge in [0.15, 0.2) is 0 Å². The third-order valence-corrected chi connectivity index (χ3v) is 4.14. The minimum Gasteiger partial charge on any atom is -0.384 e. The van der Waals surface area contributed by atoms with Gasteiger partial charge < -0.3 is 15.7 Å². The lowest BCUT2D eigenvalue weighted by Gasteiger charge is -2.25. The largest absolute Gasteiger partial charge is 0.384 e. The lowest BCUT2D eigenvalue weighted by Crippen LogP contribution is -2.48. The zero-order valence-corrected chi connectivity index (χ0v) is 13.0. The van der Waals surface area contributed by atoms with Crippen molar-refractivity contribution in [3.63, 3.8) is 0 Å². The van der Waals surface area contributed by atoms with Crippen LogP contribution in [0.3, 0.4) is 0 Å². The van der Waals surface area contributed by atoms with Gasteiger partial charge in [-0.2, -0.15) is 0 Å². The molecule has 1 aliphatic carbocycles. The number of carbonyl (C=O) groups is 2. The maximum Gasteiger partial charge on any atom is 0.309 e. The maximum absolute atomic E-state index is 11.9. The van der Waals surface area contributed by atoms with Gasteiger partial charge >= 0.3 is 11.8 Å². The lowest BCUT2D eigenvalue weighted by atomic mass is 9.95. The molecular formula is C17H24N2O3. The Bertz CT molecular complexity index is 508. The van der Waals surface area contributed by atoms with E-state index in [4.69, 9.17) is 0 Å². The summed E-state index contributed by atoms with van der Waals surface area (Å²) in [6, 6.07) is 9.17. The molecule has 0 aliphatic heterocycles. The molecule has 1 fully saturated rings. The molecule has 0 saturated heterocycles. The summed E-state index contributed by atoms with van der Waals surface area (Å²) in [6.45, 7) is 1.61. The summed E-state index contributed by atoms with van der Waals surface area (Å²) in [5.41, 5.74) is -0.509. The molecule has 1 atom stereocenters. The van der Waals surface area contributed by atoms with Gasteiger partial charge in [-0.25, -0.2) is 0 Å². The van der Waals surface area contributed by atoms with Crippen molar-refractivity contribution in [3.05, 3.63) is 35.9 Å². The van der Waals surface area contributed by atoms with Gasteiger partial charge in [0.1, 0.15) is 5.60 Å². The van der Waals surface area contributed by atoms with Crippen LogP contribution in [0.4, 0.5) is 0 Å². The van der Waals surface area contributed by atoms with E-state index in [-0.39, 0.29) is 12.6 Å². The van der Waals surface area contributed by atoms with Crippen LogP contribution < -0.4 is 10.6 Å². The Morgan fingerprint density at radius 3 is 2.41 bits per heavy atom. The molecule has 1 aromatic carbocycles. The van der Waals surface area contributed by atoms with E-state index in [2.05, 4.69) is 10.6 Å². The molecular weight excluding hydrogens is 280 g/mol. The second-order valence-electron chi connectivity index (χ2n) is 6.13. The Morgan fingerprint density at radius 2 is 1.77 bits per heavy atom. The van der Waals surface area contributed by atoms with Gasteiger partial charge in [0.25, 0.3) is 0 Å². The van der Waals surface area contributed by atoms with Crippen LogP contribution in [-0.2, 0) is 15.2 Å². The fourth-order valence-electron chi connectivity index (χ4n) is 2.73. The number of hydrogen-bond acceptors (Lipinski definition) is 3. The van der Waals surface area contributed by atoms with E-state index in [1.165, 1.54) is 6.42 Å². The highest BCUT2D eigenvalue weighted by Gasteiger charge is 2.26. The van der Waals surface area contributed by atoms with E-state index in [1.807, 2.05) is 18.2 Å². The number of hydrogen-bond donors (Lipinski definition) is 3. The highest BCUT2D eigenvalue weighted by molar-refractivity contribution is 6.35. The Balaban J connectivity index is 1.82. The lowest BCUT2D eigenvalue weighted by molar-refractivity contribution is -0.140. The van der Waals surface area contributed by atoms with Crippen LogP contribution in [0.1, 0.15) is 44.6 Å². The third kappa shape index (κ3) is 4.56. The van der Waals surface area contributed by atoms with Crippen molar-refractivity contribution < 1.29 is 14.7 Å². The van der Waals surface area contributed by atoms with Gasteiger partial charge in [-0.15, -0.1) is 0 Å². The first-order valence-corrected chi connectivity index (χ1v) is 7.85. The monoisotopic (exact) mass is 304 g/mol. The third-order valence-electron chi connectivity index (χ3n) is 4.14. The van der Waals surface area contributed by atoms with Gasteiger partial charge in [-0.1, -0.05) is 49.6 Å². The second-order valence-corrected chi connectivity index (χ2v) is 6.13. The van der Waals surface area contributed by atoms with E-state index in [1.54, 1.807) is 19.1 Å². The van der Waals surface area contributed by atoms with Crippen molar-refractivity contribution in [1.29, 1.82) is 0 Å². The summed E-state index contributed by atoms with van der Waals surface area (Å²) in [6.07, 6.45) is 5.24. The minimum atomic E-state index is -1.21. The highest BCUT2D eigenvalue weighted by Crippen LogP contribution is 2.19. The molecule has 5 nitrogen and oxygen atoms in total. The second kappa shape index (κ2) is 7.40. The van der Waals surface area contributed by atoms with E-state index in [0.29, 0.717) is 5.56 Å². The first-order valence-electron chi connectivity index (χ1n) is 7.85. The van der Waals surface area contributed by atoms with E-state index < -0.39 is 17.4 Å². The number of aliphatic hydroxyl groups is 1. The van der Waals surface area contributed by atoms with E-state index in [0.717, 1.165) is 25.7 Å². The summed E-state index contributed by atoms with van der Waals surface area (Å²) in [5, 5.41) is 15.7. The highest BCUT2D eigenvalue weighted by atomic mass is 16.3. The predicted octanol–water partition coefficient (Wildman–Crippen LogP) is 1.46. The SMILES string of the molecule is CC(O)(CNC(=O)C(=O)NC1CCCCC1)c1ccccc1.